The Bertz CT molecular complexity index is 337. The number of unbranched alkanes of at least 4 members (excludes halogenated alkanes) is 11. The van der Waals surface area contributed by atoms with Crippen LogP contribution < -0.4 is 0 Å². The first-order chi connectivity index (χ1) is 11.8. The van der Waals surface area contributed by atoms with E-state index in [0.29, 0.717) is 11.9 Å². The Morgan fingerprint density at radius 3 is 1.92 bits per heavy atom. The molecular weight excluding hydrogens is 294 g/mol. The van der Waals surface area contributed by atoms with Gasteiger partial charge in [-0.15, -0.1) is 0 Å². The van der Waals surface area contributed by atoms with Crippen molar-refractivity contribution in [3.8, 4) is 0 Å². The van der Waals surface area contributed by atoms with Gasteiger partial charge in [0.25, 0.3) is 0 Å². The van der Waals surface area contributed by atoms with Crippen molar-refractivity contribution in [2.75, 3.05) is 6.54 Å². The van der Waals surface area contributed by atoms with Crippen LogP contribution in [0.25, 0.3) is 0 Å². The summed E-state index contributed by atoms with van der Waals surface area (Å²) in [7, 11) is 0. The number of amides is 1. The Balaban J connectivity index is 1.76. The standard InChI is InChI=1S/C22H41NO/c1-3-5-6-7-8-9-10-11-12-13-14-15-16-17-18-19-22(24)23-20-21(23)4-2/h11-12,21H,3-10,13-20H2,1-2H3/b12-11-. The smallest absolute Gasteiger partial charge is 0.222 e. The van der Waals surface area contributed by atoms with E-state index in [4.69, 9.17) is 0 Å². The van der Waals surface area contributed by atoms with Crippen LogP contribution in [0, 0.1) is 0 Å². The first kappa shape index (κ1) is 21.3. The van der Waals surface area contributed by atoms with Crippen molar-refractivity contribution in [3.05, 3.63) is 12.2 Å². The summed E-state index contributed by atoms with van der Waals surface area (Å²) in [5.74, 6) is 0.388. The van der Waals surface area contributed by atoms with Gasteiger partial charge < -0.3 is 4.90 Å². The van der Waals surface area contributed by atoms with E-state index < -0.39 is 0 Å². The van der Waals surface area contributed by atoms with E-state index in [1.54, 1.807) is 0 Å². The molecule has 1 unspecified atom stereocenters. The highest BCUT2D eigenvalue weighted by atomic mass is 16.2. The van der Waals surface area contributed by atoms with Crippen LogP contribution in [0.5, 0.6) is 0 Å². The quantitative estimate of drug-likeness (QED) is 0.176. The van der Waals surface area contributed by atoms with Crippen molar-refractivity contribution in [1.29, 1.82) is 0 Å². The van der Waals surface area contributed by atoms with E-state index in [1.807, 2.05) is 4.90 Å². The molecule has 1 rings (SSSR count). The second-order valence-electron chi connectivity index (χ2n) is 7.44. The van der Waals surface area contributed by atoms with Crippen molar-refractivity contribution in [1.82, 2.24) is 4.90 Å². The fourth-order valence-electron chi connectivity index (χ4n) is 3.33. The van der Waals surface area contributed by atoms with Crippen molar-refractivity contribution in [3.63, 3.8) is 0 Å². The van der Waals surface area contributed by atoms with Gasteiger partial charge in [0.05, 0.1) is 0 Å². The molecule has 0 aromatic rings. The Hall–Kier alpha value is -0.790. The monoisotopic (exact) mass is 335 g/mol. The normalized spacial score (nSPS) is 16.9. The van der Waals surface area contributed by atoms with Crippen molar-refractivity contribution in [2.45, 2.75) is 116 Å². The lowest BCUT2D eigenvalue weighted by Gasteiger charge is -2.03. The van der Waals surface area contributed by atoms with Gasteiger partial charge in [-0.3, -0.25) is 4.79 Å². The first-order valence-electron chi connectivity index (χ1n) is 10.7. The lowest BCUT2D eigenvalue weighted by Crippen LogP contribution is -2.12. The summed E-state index contributed by atoms with van der Waals surface area (Å²) >= 11 is 0. The van der Waals surface area contributed by atoms with Gasteiger partial charge >= 0.3 is 0 Å². The third-order valence-electron chi connectivity index (χ3n) is 5.16. The minimum atomic E-state index is 0.388. The average Bonchev–Trinajstić information content (AvgIpc) is 3.38. The zero-order valence-electron chi connectivity index (χ0n) is 16.4. The summed E-state index contributed by atoms with van der Waals surface area (Å²) in [6.45, 7) is 5.45. The van der Waals surface area contributed by atoms with Crippen molar-refractivity contribution < 1.29 is 4.79 Å². The second kappa shape index (κ2) is 14.5. The molecule has 0 aliphatic carbocycles. The molecule has 0 aromatic heterocycles. The lowest BCUT2D eigenvalue weighted by atomic mass is 10.1. The highest BCUT2D eigenvalue weighted by Gasteiger charge is 2.35. The molecule has 1 atom stereocenters. The fourth-order valence-corrected chi connectivity index (χ4v) is 3.33. The zero-order chi connectivity index (χ0) is 17.5. The van der Waals surface area contributed by atoms with Crippen LogP contribution >= 0.6 is 0 Å². The summed E-state index contributed by atoms with van der Waals surface area (Å²) in [6, 6.07) is 0.570. The maximum absolute atomic E-state index is 11.8. The molecule has 0 radical (unpaired) electrons. The van der Waals surface area contributed by atoms with Crippen LogP contribution in [0.1, 0.15) is 110 Å². The minimum absolute atomic E-state index is 0.388. The summed E-state index contributed by atoms with van der Waals surface area (Å²) in [5.41, 5.74) is 0. The van der Waals surface area contributed by atoms with Gasteiger partial charge in [-0.05, 0) is 38.5 Å². The molecule has 0 saturated carbocycles. The molecule has 1 aliphatic heterocycles. The molecule has 2 nitrogen and oxygen atoms in total. The summed E-state index contributed by atoms with van der Waals surface area (Å²) in [5, 5.41) is 0. The molecule has 0 aromatic carbocycles. The van der Waals surface area contributed by atoms with Crippen LogP contribution in [-0.4, -0.2) is 23.4 Å². The van der Waals surface area contributed by atoms with Gasteiger partial charge in [0.1, 0.15) is 0 Å². The maximum atomic E-state index is 11.8. The molecule has 0 N–H and O–H groups in total. The number of allylic oxidation sites excluding steroid dienone is 2. The van der Waals surface area contributed by atoms with Crippen LogP contribution in [0.3, 0.4) is 0 Å². The summed E-state index contributed by atoms with van der Waals surface area (Å²) < 4.78 is 0. The van der Waals surface area contributed by atoms with Gasteiger partial charge in [0, 0.05) is 19.0 Å². The summed E-state index contributed by atoms with van der Waals surface area (Å²) in [4.78, 5) is 13.9. The van der Waals surface area contributed by atoms with E-state index in [1.165, 1.54) is 77.0 Å². The predicted molar refractivity (Wildman–Crippen MR) is 105 cm³/mol. The third kappa shape index (κ3) is 10.9. The largest absolute Gasteiger partial charge is 0.336 e. The van der Waals surface area contributed by atoms with Gasteiger partial charge in [-0.2, -0.15) is 0 Å². The maximum Gasteiger partial charge on any atom is 0.222 e. The van der Waals surface area contributed by atoms with E-state index in [0.717, 1.165) is 25.8 Å². The molecule has 2 heteroatoms. The number of carbonyl (C=O) groups excluding carboxylic acids is 1. The van der Waals surface area contributed by atoms with E-state index in [9.17, 15) is 4.79 Å². The van der Waals surface area contributed by atoms with Crippen LogP contribution in [-0.2, 0) is 4.79 Å². The van der Waals surface area contributed by atoms with Gasteiger partial charge in [-0.25, -0.2) is 0 Å². The van der Waals surface area contributed by atoms with Crippen molar-refractivity contribution in [2.24, 2.45) is 0 Å². The van der Waals surface area contributed by atoms with Crippen LogP contribution in [0.2, 0.25) is 0 Å². The number of carbonyl (C=O) groups is 1. The molecule has 1 saturated heterocycles. The van der Waals surface area contributed by atoms with E-state index in [-0.39, 0.29) is 0 Å². The Labute approximate surface area is 151 Å². The summed E-state index contributed by atoms with van der Waals surface area (Å²) in [6.07, 6.45) is 23.7. The van der Waals surface area contributed by atoms with Crippen molar-refractivity contribution >= 4 is 5.91 Å². The number of rotatable bonds is 16. The Morgan fingerprint density at radius 1 is 0.833 bits per heavy atom. The fraction of sp³-hybridized carbons (Fsp3) is 0.864. The zero-order valence-corrected chi connectivity index (χ0v) is 16.4. The highest BCUT2D eigenvalue weighted by Crippen LogP contribution is 2.22. The molecule has 0 spiro atoms. The van der Waals surface area contributed by atoms with Crippen LogP contribution in [0.15, 0.2) is 12.2 Å². The van der Waals surface area contributed by atoms with Gasteiger partial charge in [0.2, 0.25) is 5.91 Å². The molecule has 140 valence electrons. The molecular formula is C22H41NO. The second-order valence-corrected chi connectivity index (χ2v) is 7.44. The average molecular weight is 336 g/mol. The molecule has 0 bridgehead atoms. The highest BCUT2D eigenvalue weighted by molar-refractivity contribution is 5.78. The molecule has 1 fully saturated rings. The number of nitrogens with zero attached hydrogens (tertiary/aromatic N) is 1. The number of hydrogen-bond donors (Lipinski definition) is 0. The van der Waals surface area contributed by atoms with E-state index in [2.05, 4.69) is 26.0 Å². The predicted octanol–water partition coefficient (Wildman–Crippen LogP) is 6.64. The van der Waals surface area contributed by atoms with E-state index >= 15 is 0 Å². The molecule has 1 heterocycles. The Morgan fingerprint density at radius 2 is 1.38 bits per heavy atom. The lowest BCUT2D eigenvalue weighted by molar-refractivity contribution is -0.126. The van der Waals surface area contributed by atoms with Crippen LogP contribution in [0.4, 0.5) is 0 Å². The Kier molecular flexibility index (Phi) is 12.9. The molecule has 24 heavy (non-hydrogen) atoms. The number of hydrogen-bond acceptors (Lipinski definition) is 1. The first-order valence-corrected chi connectivity index (χ1v) is 10.7. The SMILES string of the molecule is CCCCCCCC/C=C\CCCCCCCC(=O)N1CC1CC. The molecule has 1 aliphatic rings. The third-order valence-corrected chi connectivity index (χ3v) is 5.16. The topological polar surface area (TPSA) is 20.1 Å². The van der Waals surface area contributed by atoms with Gasteiger partial charge in [-0.1, -0.05) is 77.4 Å². The molecule has 1 amide bonds. The minimum Gasteiger partial charge on any atom is -0.336 e. The van der Waals surface area contributed by atoms with Gasteiger partial charge in [0.15, 0.2) is 0 Å².